The Morgan fingerprint density at radius 1 is 0.722 bits per heavy atom. The number of benzene rings is 3. The lowest BCUT2D eigenvalue weighted by Crippen LogP contribution is -2.54. The second-order valence-corrected chi connectivity index (χ2v) is 9.45. The van der Waals surface area contributed by atoms with E-state index in [9.17, 15) is 9.59 Å². The lowest BCUT2D eigenvalue weighted by Gasteiger charge is -2.38. The summed E-state index contributed by atoms with van der Waals surface area (Å²) in [7, 11) is 0. The SMILES string of the molecule is CC(C)(C(=O)N1CCN(C(=O)c2nc(-c3ccccc3)n(-c3ccccc3)n2)CC1)c1ccccc1. The Morgan fingerprint density at radius 2 is 1.25 bits per heavy atom. The van der Waals surface area contributed by atoms with Crippen molar-refractivity contribution in [1.82, 2.24) is 24.6 Å². The molecular formula is C29H29N5O2. The van der Waals surface area contributed by atoms with E-state index >= 15 is 0 Å². The first-order valence-corrected chi connectivity index (χ1v) is 12.2. The zero-order valence-corrected chi connectivity index (χ0v) is 20.5. The molecule has 0 bridgehead atoms. The summed E-state index contributed by atoms with van der Waals surface area (Å²) in [6.45, 7) is 5.74. The van der Waals surface area contributed by atoms with Gasteiger partial charge in [0, 0.05) is 31.7 Å². The minimum Gasteiger partial charge on any atom is -0.338 e. The Kier molecular flexibility index (Phi) is 6.38. The van der Waals surface area contributed by atoms with Crippen LogP contribution in [0.3, 0.4) is 0 Å². The quantitative estimate of drug-likeness (QED) is 0.430. The Bertz CT molecular complexity index is 1290. The van der Waals surface area contributed by atoms with E-state index < -0.39 is 5.41 Å². The molecule has 1 aliphatic heterocycles. The molecule has 1 aromatic heterocycles. The smallest absolute Gasteiger partial charge is 0.293 e. The van der Waals surface area contributed by atoms with Crippen molar-refractivity contribution in [3.63, 3.8) is 0 Å². The molecule has 1 saturated heterocycles. The van der Waals surface area contributed by atoms with Crippen LogP contribution < -0.4 is 0 Å². The molecule has 0 unspecified atom stereocenters. The minimum atomic E-state index is -0.631. The highest BCUT2D eigenvalue weighted by molar-refractivity contribution is 5.92. The summed E-state index contributed by atoms with van der Waals surface area (Å²) >= 11 is 0. The first-order chi connectivity index (χ1) is 17.4. The van der Waals surface area contributed by atoms with E-state index in [1.165, 1.54) is 0 Å². The Morgan fingerprint density at radius 3 is 1.86 bits per heavy atom. The first kappa shape index (κ1) is 23.5. The Hall–Kier alpha value is -4.26. The van der Waals surface area contributed by atoms with Crippen LogP contribution in [0.4, 0.5) is 0 Å². The number of para-hydroxylation sites is 1. The van der Waals surface area contributed by atoms with E-state index in [0.717, 1.165) is 16.8 Å². The molecule has 2 heterocycles. The maximum atomic E-state index is 13.4. The number of rotatable bonds is 5. The zero-order valence-electron chi connectivity index (χ0n) is 20.5. The van der Waals surface area contributed by atoms with Gasteiger partial charge in [0.05, 0.1) is 11.1 Å². The van der Waals surface area contributed by atoms with Gasteiger partial charge in [-0.1, -0.05) is 78.9 Å². The van der Waals surface area contributed by atoms with Gasteiger partial charge < -0.3 is 9.80 Å². The van der Waals surface area contributed by atoms with Crippen molar-refractivity contribution in [3.8, 4) is 17.1 Å². The van der Waals surface area contributed by atoms with Gasteiger partial charge in [0.15, 0.2) is 5.82 Å². The molecule has 1 fully saturated rings. The summed E-state index contributed by atoms with van der Waals surface area (Å²) in [6.07, 6.45) is 0. The molecule has 3 aromatic carbocycles. The molecule has 5 rings (SSSR count). The zero-order chi connectivity index (χ0) is 25.1. The maximum Gasteiger partial charge on any atom is 0.293 e. The molecular weight excluding hydrogens is 450 g/mol. The summed E-state index contributed by atoms with van der Waals surface area (Å²) in [5, 5.41) is 4.60. The highest BCUT2D eigenvalue weighted by atomic mass is 16.2. The molecule has 0 atom stereocenters. The number of hydrogen-bond acceptors (Lipinski definition) is 4. The molecule has 182 valence electrons. The largest absolute Gasteiger partial charge is 0.338 e. The number of piperazine rings is 1. The van der Waals surface area contributed by atoms with Crippen molar-refractivity contribution in [2.75, 3.05) is 26.2 Å². The van der Waals surface area contributed by atoms with Gasteiger partial charge in [0.1, 0.15) is 0 Å². The number of carbonyl (C=O) groups is 2. The average Bonchev–Trinajstić information content (AvgIpc) is 3.39. The van der Waals surface area contributed by atoms with Crippen molar-refractivity contribution < 1.29 is 9.59 Å². The Labute approximate surface area is 211 Å². The van der Waals surface area contributed by atoms with Crippen LogP contribution >= 0.6 is 0 Å². The normalized spacial score (nSPS) is 14.1. The van der Waals surface area contributed by atoms with E-state index in [1.807, 2.05) is 110 Å². The van der Waals surface area contributed by atoms with Crippen LogP contribution in [-0.2, 0) is 10.2 Å². The van der Waals surface area contributed by atoms with E-state index in [0.29, 0.717) is 32.0 Å². The standard InChI is InChI=1S/C29H29N5O2/c1-29(2,23-14-8-4-9-15-23)28(36)33-20-18-32(19-21-33)27(35)25-30-26(22-12-6-3-7-13-22)34(31-25)24-16-10-5-11-17-24/h3-17H,18-21H2,1-2H3. The maximum absolute atomic E-state index is 13.4. The van der Waals surface area contributed by atoms with Crippen LogP contribution in [0.1, 0.15) is 30.0 Å². The van der Waals surface area contributed by atoms with Crippen molar-refractivity contribution in [1.29, 1.82) is 0 Å². The van der Waals surface area contributed by atoms with E-state index in [-0.39, 0.29) is 17.6 Å². The first-order valence-electron chi connectivity index (χ1n) is 12.2. The van der Waals surface area contributed by atoms with Gasteiger partial charge in [-0.2, -0.15) is 0 Å². The lowest BCUT2D eigenvalue weighted by atomic mass is 9.83. The number of amides is 2. The summed E-state index contributed by atoms with van der Waals surface area (Å²) in [5.41, 5.74) is 2.07. The fraction of sp³-hybridized carbons (Fsp3) is 0.241. The highest BCUT2D eigenvalue weighted by Gasteiger charge is 2.36. The molecule has 0 saturated carbocycles. The van der Waals surface area contributed by atoms with Crippen LogP contribution in [-0.4, -0.2) is 62.6 Å². The van der Waals surface area contributed by atoms with E-state index in [2.05, 4.69) is 10.1 Å². The van der Waals surface area contributed by atoms with E-state index in [1.54, 1.807) is 9.58 Å². The molecule has 36 heavy (non-hydrogen) atoms. The monoisotopic (exact) mass is 479 g/mol. The van der Waals surface area contributed by atoms with E-state index in [4.69, 9.17) is 0 Å². The summed E-state index contributed by atoms with van der Waals surface area (Å²) < 4.78 is 1.71. The second kappa shape index (κ2) is 9.77. The molecule has 0 N–H and O–H groups in total. The van der Waals surface area contributed by atoms with Crippen molar-refractivity contribution in [3.05, 3.63) is 102 Å². The number of carbonyl (C=O) groups excluding carboxylic acids is 2. The molecule has 7 heteroatoms. The van der Waals surface area contributed by atoms with Crippen molar-refractivity contribution >= 4 is 11.8 Å². The fourth-order valence-corrected chi connectivity index (χ4v) is 4.55. The summed E-state index contributed by atoms with van der Waals surface area (Å²) in [6, 6.07) is 29.2. The number of nitrogens with zero attached hydrogens (tertiary/aromatic N) is 5. The third-order valence-corrected chi connectivity index (χ3v) is 6.72. The van der Waals surface area contributed by atoms with Gasteiger partial charge in [-0.25, -0.2) is 9.67 Å². The predicted octanol–water partition coefficient (Wildman–Crippen LogP) is 4.20. The van der Waals surface area contributed by atoms with Gasteiger partial charge >= 0.3 is 0 Å². The lowest BCUT2D eigenvalue weighted by molar-refractivity contribution is -0.137. The topological polar surface area (TPSA) is 71.3 Å². The van der Waals surface area contributed by atoms with Gasteiger partial charge in [-0.15, -0.1) is 5.10 Å². The van der Waals surface area contributed by atoms with Crippen LogP contribution in [0.5, 0.6) is 0 Å². The predicted molar refractivity (Wildman–Crippen MR) is 139 cm³/mol. The van der Waals surface area contributed by atoms with Gasteiger partial charge in [0.2, 0.25) is 11.7 Å². The number of hydrogen-bond donors (Lipinski definition) is 0. The van der Waals surface area contributed by atoms with Crippen LogP contribution in [0.15, 0.2) is 91.0 Å². The van der Waals surface area contributed by atoms with Gasteiger partial charge in [0.25, 0.3) is 5.91 Å². The van der Waals surface area contributed by atoms with Crippen molar-refractivity contribution in [2.24, 2.45) is 0 Å². The molecule has 0 spiro atoms. The average molecular weight is 480 g/mol. The molecule has 4 aromatic rings. The molecule has 0 radical (unpaired) electrons. The molecule has 1 aliphatic rings. The third kappa shape index (κ3) is 4.52. The van der Waals surface area contributed by atoms with Crippen LogP contribution in [0.25, 0.3) is 17.1 Å². The van der Waals surface area contributed by atoms with Crippen molar-refractivity contribution in [2.45, 2.75) is 19.3 Å². The van der Waals surface area contributed by atoms with Gasteiger partial charge in [-0.3, -0.25) is 9.59 Å². The number of aromatic nitrogens is 3. The van der Waals surface area contributed by atoms with Crippen LogP contribution in [0.2, 0.25) is 0 Å². The molecule has 7 nitrogen and oxygen atoms in total. The minimum absolute atomic E-state index is 0.0682. The fourth-order valence-electron chi connectivity index (χ4n) is 4.55. The van der Waals surface area contributed by atoms with Gasteiger partial charge in [-0.05, 0) is 31.5 Å². The summed E-state index contributed by atoms with van der Waals surface area (Å²) in [5.74, 6) is 0.612. The van der Waals surface area contributed by atoms with Crippen LogP contribution in [0, 0.1) is 0 Å². The Balaban J connectivity index is 1.34. The second-order valence-electron chi connectivity index (χ2n) is 9.45. The molecule has 0 aliphatic carbocycles. The summed E-state index contributed by atoms with van der Waals surface area (Å²) in [4.78, 5) is 35.0. The third-order valence-electron chi connectivity index (χ3n) is 6.72. The highest BCUT2D eigenvalue weighted by Crippen LogP contribution is 2.27. The molecule has 2 amide bonds.